The molecule has 1 aliphatic heterocycles. The van der Waals surface area contributed by atoms with E-state index >= 15 is 0 Å². The van der Waals surface area contributed by atoms with Crippen LogP contribution in [0.3, 0.4) is 0 Å². The van der Waals surface area contributed by atoms with Gasteiger partial charge in [0.05, 0.1) is 30.7 Å². The summed E-state index contributed by atoms with van der Waals surface area (Å²) in [5, 5.41) is 0.0483. The third-order valence-electron chi connectivity index (χ3n) is 3.73. The molecule has 1 aromatic rings. The Balaban J connectivity index is 0.00000264. The maximum Gasteiger partial charge on any atom is 0.225 e. The molecule has 5 nitrogen and oxygen atoms in total. The summed E-state index contributed by atoms with van der Waals surface area (Å²) in [6, 6.07) is 4.46. The Hall–Kier alpha value is -0.920. The Morgan fingerprint density at radius 1 is 1.61 bits per heavy atom. The monoisotopic (exact) mass is 366 g/mol. The first-order valence-corrected chi connectivity index (χ1v) is 7.50. The molecule has 0 saturated carbocycles. The highest BCUT2D eigenvalue weighted by molar-refractivity contribution is 6.30. The molecule has 1 fully saturated rings. The number of benzene rings is 1. The van der Waals surface area contributed by atoms with Crippen molar-refractivity contribution >= 4 is 29.9 Å². The third-order valence-corrected chi connectivity index (χ3v) is 4.02. The number of nitrogens with zero attached hydrogens (tertiary/aromatic N) is 1. The van der Waals surface area contributed by atoms with Gasteiger partial charge in [-0.05, 0) is 17.7 Å². The van der Waals surface area contributed by atoms with Crippen LogP contribution in [0.4, 0.5) is 4.39 Å². The second kappa shape index (κ2) is 9.39. The maximum absolute atomic E-state index is 13.2. The van der Waals surface area contributed by atoms with Gasteiger partial charge in [-0.1, -0.05) is 17.7 Å². The molecule has 2 unspecified atom stereocenters. The zero-order chi connectivity index (χ0) is 16.1. The minimum absolute atomic E-state index is 0. The molecule has 2 atom stereocenters. The van der Waals surface area contributed by atoms with Gasteiger partial charge in [0.2, 0.25) is 5.91 Å². The van der Waals surface area contributed by atoms with E-state index < -0.39 is 5.82 Å². The summed E-state index contributed by atoms with van der Waals surface area (Å²) in [5.74, 6) is -0.501. The van der Waals surface area contributed by atoms with Crippen LogP contribution in [0.1, 0.15) is 18.1 Å². The molecule has 23 heavy (non-hydrogen) atoms. The van der Waals surface area contributed by atoms with E-state index in [0.29, 0.717) is 26.2 Å². The molecule has 130 valence electrons. The summed E-state index contributed by atoms with van der Waals surface area (Å²) >= 11 is 5.80. The highest BCUT2D eigenvalue weighted by Gasteiger charge is 2.27. The molecule has 1 saturated heterocycles. The van der Waals surface area contributed by atoms with Crippen LogP contribution >= 0.6 is 24.0 Å². The first kappa shape index (κ1) is 20.1. The molecular weight excluding hydrogens is 346 g/mol. The Morgan fingerprint density at radius 2 is 2.35 bits per heavy atom. The van der Waals surface area contributed by atoms with Crippen LogP contribution in [-0.2, 0) is 14.3 Å². The van der Waals surface area contributed by atoms with Gasteiger partial charge in [0.25, 0.3) is 0 Å². The number of amides is 1. The maximum atomic E-state index is 13.2. The average molecular weight is 367 g/mol. The van der Waals surface area contributed by atoms with E-state index in [-0.39, 0.29) is 42.0 Å². The Bertz CT molecular complexity index is 529. The van der Waals surface area contributed by atoms with E-state index in [1.165, 1.54) is 19.2 Å². The fraction of sp³-hybridized carbons (Fsp3) is 0.533. The average Bonchev–Trinajstić information content (AvgIpc) is 2.55. The smallest absolute Gasteiger partial charge is 0.225 e. The summed E-state index contributed by atoms with van der Waals surface area (Å²) in [5.41, 5.74) is 6.30. The SMILES string of the molecule is COC(CN)CC(=O)N1CCOC(c2ccc(F)c(Cl)c2)C1.Cl. The number of carbonyl (C=O) groups excluding carboxylic acids is 1. The molecule has 1 amide bonds. The number of nitrogens with two attached hydrogens (primary N) is 1. The van der Waals surface area contributed by atoms with E-state index in [1.807, 2.05) is 0 Å². The summed E-state index contributed by atoms with van der Waals surface area (Å²) in [7, 11) is 1.54. The fourth-order valence-electron chi connectivity index (χ4n) is 2.38. The third kappa shape index (κ3) is 5.29. The number of methoxy groups -OCH3 is 1. The van der Waals surface area contributed by atoms with Crippen molar-refractivity contribution in [3.8, 4) is 0 Å². The van der Waals surface area contributed by atoms with Crippen molar-refractivity contribution in [1.29, 1.82) is 0 Å². The standard InChI is InChI=1S/C15H20ClFN2O3.ClH/c1-21-11(8-18)7-15(20)19-4-5-22-14(9-19)10-2-3-13(17)12(16)6-10;/h2-3,6,11,14H,4-5,7-9,18H2,1H3;1H. The van der Waals surface area contributed by atoms with Crippen LogP contribution in [-0.4, -0.2) is 50.3 Å². The Labute approximate surface area is 146 Å². The molecule has 0 spiro atoms. The molecule has 0 radical (unpaired) electrons. The van der Waals surface area contributed by atoms with Crippen LogP contribution in [0.2, 0.25) is 5.02 Å². The minimum atomic E-state index is -0.472. The van der Waals surface area contributed by atoms with Crippen LogP contribution in [0, 0.1) is 5.82 Å². The summed E-state index contributed by atoms with van der Waals surface area (Å²) in [6.07, 6.45) is -0.354. The quantitative estimate of drug-likeness (QED) is 0.866. The van der Waals surface area contributed by atoms with Gasteiger partial charge in [-0.25, -0.2) is 4.39 Å². The van der Waals surface area contributed by atoms with E-state index in [9.17, 15) is 9.18 Å². The predicted molar refractivity (Wildman–Crippen MR) is 88.4 cm³/mol. The molecule has 0 aliphatic carbocycles. The molecule has 0 bridgehead atoms. The van der Waals surface area contributed by atoms with Crippen molar-refractivity contribution in [2.45, 2.75) is 18.6 Å². The number of carbonyl (C=O) groups is 1. The van der Waals surface area contributed by atoms with Gasteiger partial charge < -0.3 is 20.1 Å². The first-order valence-electron chi connectivity index (χ1n) is 7.12. The first-order chi connectivity index (χ1) is 10.5. The van der Waals surface area contributed by atoms with E-state index in [2.05, 4.69) is 0 Å². The van der Waals surface area contributed by atoms with Gasteiger partial charge in [-0.3, -0.25) is 4.79 Å². The van der Waals surface area contributed by atoms with Crippen molar-refractivity contribution in [2.24, 2.45) is 5.73 Å². The van der Waals surface area contributed by atoms with E-state index in [4.69, 9.17) is 26.8 Å². The van der Waals surface area contributed by atoms with Crippen molar-refractivity contribution in [2.75, 3.05) is 33.4 Å². The molecule has 1 aliphatic rings. The second-order valence-electron chi connectivity index (χ2n) is 5.17. The van der Waals surface area contributed by atoms with Crippen molar-refractivity contribution in [3.63, 3.8) is 0 Å². The van der Waals surface area contributed by atoms with Gasteiger partial charge in [0, 0.05) is 20.2 Å². The number of morpholine rings is 1. The molecule has 2 N–H and O–H groups in total. The molecule has 2 rings (SSSR count). The lowest BCUT2D eigenvalue weighted by Crippen LogP contribution is -2.44. The molecule has 1 aromatic carbocycles. The van der Waals surface area contributed by atoms with Crippen LogP contribution in [0.15, 0.2) is 18.2 Å². The molecule has 8 heteroatoms. The number of rotatable bonds is 5. The van der Waals surface area contributed by atoms with Gasteiger partial charge >= 0.3 is 0 Å². The van der Waals surface area contributed by atoms with Gasteiger partial charge in [-0.15, -0.1) is 12.4 Å². The molecule has 0 aromatic heterocycles. The van der Waals surface area contributed by atoms with E-state index in [0.717, 1.165) is 5.56 Å². The number of halogens is 3. The van der Waals surface area contributed by atoms with Crippen molar-refractivity contribution in [1.82, 2.24) is 4.90 Å². The minimum Gasteiger partial charge on any atom is -0.380 e. The fourth-order valence-corrected chi connectivity index (χ4v) is 2.57. The molecule has 1 heterocycles. The van der Waals surface area contributed by atoms with Gasteiger partial charge in [0.1, 0.15) is 11.9 Å². The molecular formula is C15H21Cl2FN2O3. The van der Waals surface area contributed by atoms with Crippen molar-refractivity contribution < 1.29 is 18.7 Å². The predicted octanol–water partition coefficient (Wildman–Crippen LogP) is 2.16. The summed E-state index contributed by atoms with van der Waals surface area (Å²) in [6.45, 7) is 1.64. The topological polar surface area (TPSA) is 64.8 Å². The Morgan fingerprint density at radius 3 is 2.96 bits per heavy atom. The largest absolute Gasteiger partial charge is 0.380 e. The lowest BCUT2D eigenvalue weighted by Gasteiger charge is -2.34. The van der Waals surface area contributed by atoms with Crippen LogP contribution in [0.25, 0.3) is 0 Å². The Kier molecular flexibility index (Phi) is 8.22. The lowest BCUT2D eigenvalue weighted by atomic mass is 10.1. The van der Waals surface area contributed by atoms with Crippen LogP contribution < -0.4 is 5.73 Å². The number of hydrogen-bond acceptors (Lipinski definition) is 4. The summed E-state index contributed by atoms with van der Waals surface area (Å²) < 4.78 is 24.0. The normalized spacial score (nSPS) is 19.1. The zero-order valence-corrected chi connectivity index (χ0v) is 14.4. The van der Waals surface area contributed by atoms with Gasteiger partial charge in [0.15, 0.2) is 0 Å². The lowest BCUT2D eigenvalue weighted by molar-refractivity contribution is -0.141. The summed E-state index contributed by atoms with van der Waals surface area (Å²) in [4.78, 5) is 14.0. The van der Waals surface area contributed by atoms with Crippen LogP contribution in [0.5, 0.6) is 0 Å². The highest BCUT2D eigenvalue weighted by atomic mass is 35.5. The van der Waals surface area contributed by atoms with Gasteiger partial charge in [-0.2, -0.15) is 0 Å². The zero-order valence-electron chi connectivity index (χ0n) is 12.8. The second-order valence-corrected chi connectivity index (χ2v) is 5.58. The number of ether oxygens (including phenoxy) is 2. The number of hydrogen-bond donors (Lipinski definition) is 1. The van der Waals surface area contributed by atoms with E-state index in [1.54, 1.807) is 11.0 Å². The van der Waals surface area contributed by atoms with Crippen molar-refractivity contribution in [3.05, 3.63) is 34.6 Å². The highest BCUT2D eigenvalue weighted by Crippen LogP contribution is 2.26.